The highest BCUT2D eigenvalue weighted by atomic mass is 19.1. The van der Waals surface area contributed by atoms with Gasteiger partial charge in [0.05, 0.1) is 17.7 Å². The van der Waals surface area contributed by atoms with Gasteiger partial charge in [0.25, 0.3) is 5.56 Å². The van der Waals surface area contributed by atoms with E-state index in [4.69, 9.17) is 14.2 Å². The van der Waals surface area contributed by atoms with Crippen LogP contribution in [-0.2, 0) is 28.7 Å². The number of aromatic nitrogens is 1. The molecule has 162 valence electrons. The zero-order valence-corrected chi connectivity index (χ0v) is 17.6. The van der Waals surface area contributed by atoms with Crippen molar-refractivity contribution >= 4 is 10.9 Å². The van der Waals surface area contributed by atoms with E-state index in [-0.39, 0.29) is 18.0 Å². The molecule has 0 N–H and O–H groups in total. The van der Waals surface area contributed by atoms with Gasteiger partial charge in [0, 0.05) is 45.2 Å². The van der Waals surface area contributed by atoms with Gasteiger partial charge in [0.1, 0.15) is 18.2 Å². The quantitative estimate of drug-likeness (QED) is 0.527. The summed E-state index contributed by atoms with van der Waals surface area (Å²) >= 11 is 0. The van der Waals surface area contributed by atoms with Crippen molar-refractivity contribution in [2.75, 3.05) is 19.8 Å². The molecule has 3 aromatic rings. The number of fused-ring (bicyclic) bond motifs is 1. The molecule has 0 amide bonds. The van der Waals surface area contributed by atoms with Crippen LogP contribution in [-0.4, -0.2) is 24.4 Å². The Balaban J connectivity index is 1.57. The first kappa shape index (κ1) is 21.3. The van der Waals surface area contributed by atoms with Crippen molar-refractivity contribution in [1.29, 1.82) is 0 Å². The molecular formula is C25H26FNO4. The second kappa shape index (κ2) is 9.04. The molecule has 2 aromatic carbocycles. The van der Waals surface area contributed by atoms with E-state index >= 15 is 0 Å². The van der Waals surface area contributed by atoms with Gasteiger partial charge < -0.3 is 18.8 Å². The zero-order chi connectivity index (χ0) is 21.8. The van der Waals surface area contributed by atoms with E-state index < -0.39 is 5.60 Å². The van der Waals surface area contributed by atoms with Crippen LogP contribution in [0.5, 0.6) is 5.75 Å². The number of aryl methyl sites for hydroxylation is 1. The maximum absolute atomic E-state index is 14.5. The van der Waals surface area contributed by atoms with Crippen LogP contribution in [0.2, 0.25) is 0 Å². The van der Waals surface area contributed by atoms with Crippen LogP contribution in [0.3, 0.4) is 0 Å². The lowest BCUT2D eigenvalue weighted by molar-refractivity contribution is -0.108. The number of hydrogen-bond acceptors (Lipinski definition) is 4. The molecule has 0 bridgehead atoms. The Bertz CT molecular complexity index is 1150. The lowest BCUT2D eigenvalue weighted by Crippen LogP contribution is -2.36. The molecule has 1 saturated heterocycles. The van der Waals surface area contributed by atoms with E-state index in [1.165, 1.54) is 12.1 Å². The first-order chi connectivity index (χ1) is 15.0. The summed E-state index contributed by atoms with van der Waals surface area (Å²) in [5.74, 6) is 0.0812. The molecule has 1 aromatic heterocycles. The largest absolute Gasteiger partial charge is 0.489 e. The maximum Gasteiger partial charge on any atom is 0.250 e. The highest BCUT2D eigenvalue weighted by Crippen LogP contribution is 2.38. The predicted molar refractivity (Wildman–Crippen MR) is 118 cm³/mol. The Kier molecular flexibility index (Phi) is 6.20. The molecule has 2 heterocycles. The smallest absolute Gasteiger partial charge is 0.250 e. The molecule has 0 aliphatic carbocycles. The van der Waals surface area contributed by atoms with Crippen LogP contribution in [0.4, 0.5) is 4.39 Å². The molecular weight excluding hydrogens is 397 g/mol. The Morgan fingerprint density at radius 1 is 1.16 bits per heavy atom. The highest BCUT2D eigenvalue weighted by molar-refractivity contribution is 5.79. The number of ether oxygens (including phenoxy) is 3. The van der Waals surface area contributed by atoms with Crippen molar-refractivity contribution in [2.24, 2.45) is 7.05 Å². The number of hydrogen-bond donors (Lipinski definition) is 0. The summed E-state index contributed by atoms with van der Waals surface area (Å²) < 4.78 is 33.6. The minimum Gasteiger partial charge on any atom is -0.489 e. The maximum atomic E-state index is 14.5. The third-order valence-electron chi connectivity index (χ3n) is 5.77. The second-order valence-electron chi connectivity index (χ2n) is 7.79. The fourth-order valence-corrected chi connectivity index (χ4v) is 4.04. The average molecular weight is 423 g/mol. The number of pyridine rings is 1. The van der Waals surface area contributed by atoms with Crippen molar-refractivity contribution in [3.63, 3.8) is 0 Å². The van der Waals surface area contributed by atoms with E-state index in [0.29, 0.717) is 38.4 Å². The van der Waals surface area contributed by atoms with Gasteiger partial charge in [-0.05, 0) is 46.8 Å². The molecule has 0 radical (unpaired) electrons. The van der Waals surface area contributed by atoms with Crippen molar-refractivity contribution < 1.29 is 18.6 Å². The summed E-state index contributed by atoms with van der Waals surface area (Å²) in [6.07, 6.45) is 2.99. The standard InChI is InChI=1S/C25H26FNO4/c1-3-10-31-25(8-11-29-12-9-25)20-14-21(26)16-22(15-20)30-17-18-4-6-23-19(13-18)5-7-24(28)27(23)2/h3-7,13-16H,1,8-12,17H2,2H3. The van der Waals surface area contributed by atoms with Gasteiger partial charge in [0.15, 0.2) is 0 Å². The van der Waals surface area contributed by atoms with Crippen LogP contribution in [0.25, 0.3) is 10.9 Å². The van der Waals surface area contributed by atoms with Crippen LogP contribution in [0.15, 0.2) is 66.0 Å². The predicted octanol–water partition coefficient (Wildman–Crippen LogP) is 4.46. The summed E-state index contributed by atoms with van der Waals surface area (Å²) in [4.78, 5) is 11.8. The van der Waals surface area contributed by atoms with Gasteiger partial charge >= 0.3 is 0 Å². The van der Waals surface area contributed by atoms with Gasteiger partial charge in [0.2, 0.25) is 0 Å². The van der Waals surface area contributed by atoms with E-state index in [0.717, 1.165) is 22.0 Å². The molecule has 1 fully saturated rings. The Morgan fingerprint density at radius 3 is 2.74 bits per heavy atom. The summed E-state index contributed by atoms with van der Waals surface area (Å²) in [5.41, 5.74) is 1.87. The monoisotopic (exact) mass is 423 g/mol. The number of rotatable bonds is 7. The Hall–Kier alpha value is -2.96. The normalized spacial score (nSPS) is 15.7. The highest BCUT2D eigenvalue weighted by Gasteiger charge is 2.36. The third kappa shape index (κ3) is 4.55. The first-order valence-corrected chi connectivity index (χ1v) is 10.4. The van der Waals surface area contributed by atoms with Crippen LogP contribution in [0.1, 0.15) is 24.0 Å². The zero-order valence-electron chi connectivity index (χ0n) is 17.6. The molecule has 0 spiro atoms. The minimum absolute atomic E-state index is 0.0514. The van der Waals surface area contributed by atoms with Crippen molar-refractivity contribution in [3.8, 4) is 5.75 Å². The van der Waals surface area contributed by atoms with Gasteiger partial charge in [-0.15, -0.1) is 6.58 Å². The van der Waals surface area contributed by atoms with Crippen LogP contribution >= 0.6 is 0 Å². The van der Waals surface area contributed by atoms with Gasteiger partial charge in [-0.1, -0.05) is 12.1 Å². The minimum atomic E-state index is -0.611. The van der Waals surface area contributed by atoms with Gasteiger partial charge in [-0.2, -0.15) is 0 Å². The fourth-order valence-electron chi connectivity index (χ4n) is 4.04. The number of halogens is 1. The summed E-state index contributed by atoms with van der Waals surface area (Å²) in [6, 6.07) is 13.9. The van der Waals surface area contributed by atoms with E-state index in [9.17, 15) is 9.18 Å². The van der Waals surface area contributed by atoms with Crippen LogP contribution in [0, 0.1) is 5.82 Å². The molecule has 0 atom stereocenters. The molecule has 1 aliphatic heterocycles. The summed E-state index contributed by atoms with van der Waals surface area (Å²) in [5, 5.41) is 0.946. The molecule has 1 aliphatic rings. The molecule has 31 heavy (non-hydrogen) atoms. The van der Waals surface area contributed by atoms with Crippen molar-refractivity contribution in [3.05, 3.63) is 88.5 Å². The molecule has 4 rings (SSSR count). The summed E-state index contributed by atoms with van der Waals surface area (Å²) in [6.45, 7) is 5.51. The van der Waals surface area contributed by atoms with Gasteiger partial charge in [-0.25, -0.2) is 4.39 Å². The fraction of sp³-hybridized carbons (Fsp3) is 0.320. The SMILES string of the molecule is C=CCOC1(c2cc(F)cc(OCc3ccc4c(ccc(=O)n4C)c3)c2)CCOCC1. The first-order valence-electron chi connectivity index (χ1n) is 10.4. The second-order valence-corrected chi connectivity index (χ2v) is 7.79. The Labute approximate surface area is 180 Å². The lowest BCUT2D eigenvalue weighted by atomic mass is 9.86. The molecule has 6 heteroatoms. The number of nitrogens with zero attached hydrogens (tertiary/aromatic N) is 1. The third-order valence-corrected chi connectivity index (χ3v) is 5.77. The van der Waals surface area contributed by atoms with Crippen molar-refractivity contribution in [1.82, 2.24) is 4.57 Å². The number of benzene rings is 2. The van der Waals surface area contributed by atoms with Crippen LogP contribution < -0.4 is 10.3 Å². The average Bonchev–Trinajstić information content (AvgIpc) is 2.79. The molecule has 0 saturated carbocycles. The van der Waals surface area contributed by atoms with E-state index in [2.05, 4.69) is 6.58 Å². The summed E-state index contributed by atoms with van der Waals surface area (Å²) in [7, 11) is 1.75. The lowest BCUT2D eigenvalue weighted by Gasteiger charge is -2.37. The Morgan fingerprint density at radius 2 is 1.97 bits per heavy atom. The topological polar surface area (TPSA) is 49.7 Å². The van der Waals surface area contributed by atoms with Gasteiger partial charge in [-0.3, -0.25) is 4.79 Å². The van der Waals surface area contributed by atoms with E-state index in [1.807, 2.05) is 24.3 Å². The molecule has 0 unspecified atom stereocenters. The molecule has 5 nitrogen and oxygen atoms in total. The van der Waals surface area contributed by atoms with E-state index in [1.54, 1.807) is 29.8 Å². The van der Waals surface area contributed by atoms with Crippen molar-refractivity contribution in [2.45, 2.75) is 25.0 Å².